The van der Waals surface area contributed by atoms with Gasteiger partial charge in [0, 0.05) is 23.2 Å². The molecule has 3 rings (SSSR count). The molecule has 0 bridgehead atoms. The van der Waals surface area contributed by atoms with E-state index in [0.717, 1.165) is 11.1 Å². The van der Waals surface area contributed by atoms with Crippen molar-refractivity contribution in [2.75, 3.05) is 5.32 Å². The van der Waals surface area contributed by atoms with E-state index in [1.807, 2.05) is 12.1 Å². The third-order valence-corrected chi connectivity index (χ3v) is 3.69. The first-order valence-corrected chi connectivity index (χ1v) is 6.59. The number of hydrogen-bond donors (Lipinski definition) is 1. The molecule has 0 amide bonds. The summed E-state index contributed by atoms with van der Waals surface area (Å²) >= 11 is 5.92. The predicted molar refractivity (Wildman–Crippen MR) is 72.6 cm³/mol. The molecule has 1 aliphatic carbocycles. The molecule has 5 heteroatoms. The van der Waals surface area contributed by atoms with Crippen molar-refractivity contribution in [2.45, 2.75) is 18.9 Å². The fraction of sp³-hybridized carbons (Fsp3) is 0.200. The largest absolute Gasteiger partial charge is 0.377 e. The third kappa shape index (κ3) is 2.48. The van der Waals surface area contributed by atoms with Crippen LogP contribution in [0.1, 0.15) is 11.1 Å². The molecule has 0 aromatic heterocycles. The van der Waals surface area contributed by atoms with Gasteiger partial charge in [0.05, 0.1) is 0 Å². The molecule has 0 saturated carbocycles. The van der Waals surface area contributed by atoms with Gasteiger partial charge in [0.15, 0.2) is 11.6 Å². The fourth-order valence-corrected chi connectivity index (χ4v) is 2.77. The van der Waals surface area contributed by atoms with Crippen LogP contribution < -0.4 is 5.32 Å². The zero-order valence-corrected chi connectivity index (χ0v) is 11.1. The van der Waals surface area contributed by atoms with Crippen LogP contribution in [0.3, 0.4) is 0 Å². The summed E-state index contributed by atoms with van der Waals surface area (Å²) in [5, 5.41) is 3.45. The fourth-order valence-electron chi connectivity index (χ4n) is 2.57. The molecule has 0 heterocycles. The minimum absolute atomic E-state index is 0.127. The first-order valence-electron chi connectivity index (χ1n) is 6.21. The average molecular weight is 298 g/mol. The molecule has 2 aromatic carbocycles. The first-order chi connectivity index (χ1) is 9.52. The van der Waals surface area contributed by atoms with Gasteiger partial charge in [-0.25, -0.2) is 13.2 Å². The summed E-state index contributed by atoms with van der Waals surface area (Å²) in [6, 6.07) is 6.78. The Morgan fingerprint density at radius 2 is 1.60 bits per heavy atom. The normalized spacial score (nSPS) is 17.1. The maximum Gasteiger partial charge on any atom is 0.152 e. The lowest BCUT2D eigenvalue weighted by atomic mass is 10.1. The van der Waals surface area contributed by atoms with Crippen LogP contribution in [-0.2, 0) is 12.8 Å². The summed E-state index contributed by atoms with van der Waals surface area (Å²) in [6.45, 7) is 0. The van der Waals surface area contributed by atoms with Gasteiger partial charge in [-0.05, 0) is 36.1 Å². The molecule has 1 unspecified atom stereocenters. The molecule has 104 valence electrons. The summed E-state index contributed by atoms with van der Waals surface area (Å²) in [4.78, 5) is 0. The summed E-state index contributed by atoms with van der Waals surface area (Å²) in [7, 11) is 0. The second-order valence-electron chi connectivity index (χ2n) is 4.91. The standard InChI is InChI=1S/C15H11ClF3N/c16-10-2-1-8-4-12(5-9(8)3-10)20-15-13(18)6-11(17)7-14(15)19/h1-3,6-7,12,20H,4-5H2. The molecular formula is C15H11ClF3N. The van der Waals surface area contributed by atoms with Gasteiger partial charge in [0.1, 0.15) is 11.5 Å². The Morgan fingerprint density at radius 1 is 0.950 bits per heavy atom. The third-order valence-electron chi connectivity index (χ3n) is 3.46. The highest BCUT2D eigenvalue weighted by atomic mass is 35.5. The number of anilines is 1. The van der Waals surface area contributed by atoms with Crippen LogP contribution in [0.5, 0.6) is 0 Å². The molecule has 1 aliphatic rings. The number of fused-ring (bicyclic) bond motifs is 1. The zero-order valence-electron chi connectivity index (χ0n) is 10.4. The minimum atomic E-state index is -0.924. The van der Waals surface area contributed by atoms with E-state index in [0.29, 0.717) is 30.0 Å². The van der Waals surface area contributed by atoms with Gasteiger partial charge < -0.3 is 5.32 Å². The minimum Gasteiger partial charge on any atom is -0.377 e. The Hall–Kier alpha value is -1.68. The molecule has 0 fully saturated rings. The topological polar surface area (TPSA) is 12.0 Å². The lowest BCUT2D eigenvalue weighted by Crippen LogP contribution is -2.21. The average Bonchev–Trinajstić information content (AvgIpc) is 2.75. The van der Waals surface area contributed by atoms with Gasteiger partial charge in [-0.15, -0.1) is 0 Å². The van der Waals surface area contributed by atoms with E-state index < -0.39 is 17.5 Å². The highest BCUT2D eigenvalue weighted by Gasteiger charge is 2.23. The van der Waals surface area contributed by atoms with Crippen molar-refractivity contribution >= 4 is 17.3 Å². The number of halogens is 4. The summed E-state index contributed by atoms with van der Waals surface area (Å²) in [6.07, 6.45) is 1.29. The molecule has 0 saturated heterocycles. The second kappa shape index (κ2) is 5.02. The Balaban J connectivity index is 1.81. The highest BCUT2D eigenvalue weighted by Crippen LogP contribution is 2.29. The van der Waals surface area contributed by atoms with Crippen LogP contribution in [-0.4, -0.2) is 6.04 Å². The van der Waals surface area contributed by atoms with E-state index in [9.17, 15) is 13.2 Å². The summed E-state index contributed by atoms with van der Waals surface area (Å²) in [5.41, 5.74) is 1.89. The summed E-state index contributed by atoms with van der Waals surface area (Å²) < 4.78 is 40.0. The van der Waals surface area contributed by atoms with Crippen LogP contribution in [0, 0.1) is 17.5 Å². The Bertz CT molecular complexity index is 649. The van der Waals surface area contributed by atoms with Crippen molar-refractivity contribution in [3.05, 3.63) is 63.9 Å². The predicted octanol–water partition coefficient (Wildman–Crippen LogP) is 4.34. The van der Waals surface area contributed by atoms with E-state index in [4.69, 9.17) is 11.6 Å². The lowest BCUT2D eigenvalue weighted by Gasteiger charge is -2.15. The van der Waals surface area contributed by atoms with Crippen LogP contribution >= 0.6 is 11.6 Å². The molecule has 1 atom stereocenters. The number of rotatable bonds is 2. The van der Waals surface area contributed by atoms with Gasteiger partial charge in [0.2, 0.25) is 0 Å². The molecule has 2 aromatic rings. The van der Waals surface area contributed by atoms with Gasteiger partial charge in [0.25, 0.3) is 0 Å². The van der Waals surface area contributed by atoms with E-state index >= 15 is 0 Å². The molecule has 1 N–H and O–H groups in total. The van der Waals surface area contributed by atoms with Crippen LogP contribution in [0.15, 0.2) is 30.3 Å². The molecule has 0 radical (unpaired) electrons. The van der Waals surface area contributed by atoms with Crippen molar-refractivity contribution in [3.63, 3.8) is 0 Å². The number of nitrogens with one attached hydrogen (secondary N) is 1. The zero-order chi connectivity index (χ0) is 14.3. The van der Waals surface area contributed by atoms with Crippen molar-refractivity contribution in [3.8, 4) is 0 Å². The van der Waals surface area contributed by atoms with Gasteiger partial charge >= 0.3 is 0 Å². The monoisotopic (exact) mass is 297 g/mol. The van der Waals surface area contributed by atoms with Gasteiger partial charge in [-0.2, -0.15) is 0 Å². The van der Waals surface area contributed by atoms with Crippen LogP contribution in [0.4, 0.5) is 18.9 Å². The van der Waals surface area contributed by atoms with Crippen molar-refractivity contribution in [2.24, 2.45) is 0 Å². The first kappa shape index (κ1) is 13.3. The molecule has 0 spiro atoms. The maximum atomic E-state index is 13.6. The lowest BCUT2D eigenvalue weighted by molar-refractivity contribution is 0.544. The summed E-state index contributed by atoms with van der Waals surface area (Å²) in [5.74, 6) is -2.76. The molecule has 1 nitrogen and oxygen atoms in total. The van der Waals surface area contributed by atoms with Crippen LogP contribution in [0.2, 0.25) is 5.02 Å². The van der Waals surface area contributed by atoms with E-state index in [-0.39, 0.29) is 11.7 Å². The highest BCUT2D eigenvalue weighted by molar-refractivity contribution is 6.30. The second-order valence-corrected chi connectivity index (χ2v) is 5.34. The molecule has 20 heavy (non-hydrogen) atoms. The maximum absolute atomic E-state index is 13.6. The SMILES string of the molecule is Fc1cc(F)c(NC2Cc3ccc(Cl)cc3C2)c(F)c1. The number of hydrogen-bond acceptors (Lipinski definition) is 1. The number of benzene rings is 2. The van der Waals surface area contributed by atoms with Crippen molar-refractivity contribution in [1.29, 1.82) is 0 Å². The van der Waals surface area contributed by atoms with E-state index in [2.05, 4.69) is 5.32 Å². The van der Waals surface area contributed by atoms with Crippen molar-refractivity contribution in [1.82, 2.24) is 0 Å². The Kier molecular flexibility index (Phi) is 3.34. The van der Waals surface area contributed by atoms with E-state index in [1.165, 1.54) is 0 Å². The van der Waals surface area contributed by atoms with Gasteiger partial charge in [-0.3, -0.25) is 0 Å². The van der Waals surface area contributed by atoms with Gasteiger partial charge in [-0.1, -0.05) is 17.7 Å². The molecular weight excluding hydrogens is 287 g/mol. The smallest absolute Gasteiger partial charge is 0.152 e. The quantitative estimate of drug-likeness (QED) is 0.869. The van der Waals surface area contributed by atoms with E-state index in [1.54, 1.807) is 6.07 Å². The van der Waals surface area contributed by atoms with Crippen molar-refractivity contribution < 1.29 is 13.2 Å². The van der Waals surface area contributed by atoms with Crippen LogP contribution in [0.25, 0.3) is 0 Å². The Morgan fingerprint density at radius 3 is 2.30 bits per heavy atom. The molecule has 0 aliphatic heterocycles. The Labute approximate surface area is 119 Å².